The van der Waals surface area contributed by atoms with Crippen LogP contribution in [0.15, 0.2) is 23.1 Å². The number of rotatable bonds is 7. The molecule has 0 spiro atoms. The highest BCUT2D eigenvalue weighted by Gasteiger charge is 2.21. The summed E-state index contributed by atoms with van der Waals surface area (Å²) in [6.07, 6.45) is 0.843. The Labute approximate surface area is 146 Å². The van der Waals surface area contributed by atoms with Crippen molar-refractivity contribution in [3.05, 3.63) is 35.2 Å². The van der Waals surface area contributed by atoms with Crippen molar-refractivity contribution in [1.29, 1.82) is 0 Å². The molecule has 25 heavy (non-hydrogen) atoms. The van der Waals surface area contributed by atoms with E-state index < -0.39 is 16.0 Å². The molecule has 0 N–H and O–H groups in total. The van der Waals surface area contributed by atoms with Crippen LogP contribution in [0, 0.1) is 6.92 Å². The number of ether oxygens (including phenoxy) is 1. The second-order valence-corrected chi connectivity index (χ2v) is 7.81. The first-order valence-corrected chi connectivity index (χ1v) is 9.16. The van der Waals surface area contributed by atoms with E-state index in [0.29, 0.717) is 17.9 Å². The summed E-state index contributed by atoms with van der Waals surface area (Å²) in [5.41, 5.74) is 0.813. The van der Waals surface area contributed by atoms with Gasteiger partial charge in [0, 0.05) is 20.6 Å². The molecule has 0 radical (unpaired) electrons. The van der Waals surface area contributed by atoms with Crippen molar-refractivity contribution in [2.45, 2.75) is 38.3 Å². The second-order valence-electron chi connectivity index (χ2n) is 5.66. The Bertz CT molecular complexity index is 861. The van der Waals surface area contributed by atoms with Crippen LogP contribution < -0.4 is 0 Å². The van der Waals surface area contributed by atoms with Crippen LogP contribution in [0.25, 0.3) is 0 Å². The van der Waals surface area contributed by atoms with Crippen molar-refractivity contribution in [1.82, 2.24) is 24.5 Å². The van der Waals surface area contributed by atoms with Crippen molar-refractivity contribution in [2.24, 2.45) is 0 Å². The van der Waals surface area contributed by atoms with Crippen LogP contribution in [0.3, 0.4) is 0 Å². The van der Waals surface area contributed by atoms with Gasteiger partial charge in [-0.05, 0) is 41.5 Å². The fourth-order valence-electron chi connectivity index (χ4n) is 2.11. The van der Waals surface area contributed by atoms with Gasteiger partial charge in [0.25, 0.3) is 0 Å². The molecule has 0 bridgehead atoms. The van der Waals surface area contributed by atoms with Crippen LogP contribution in [-0.4, -0.2) is 53.0 Å². The number of nitrogens with zero attached hydrogens (tertiary/aromatic N) is 5. The molecule has 10 heteroatoms. The van der Waals surface area contributed by atoms with Crippen LogP contribution in [-0.2, 0) is 27.9 Å². The Kier molecular flexibility index (Phi) is 5.85. The molecule has 136 valence electrons. The first-order valence-electron chi connectivity index (χ1n) is 7.72. The molecule has 0 saturated carbocycles. The van der Waals surface area contributed by atoms with Gasteiger partial charge in [0.15, 0.2) is 12.4 Å². The van der Waals surface area contributed by atoms with E-state index in [4.69, 9.17) is 4.74 Å². The molecule has 2 rings (SSSR count). The number of benzene rings is 1. The minimum absolute atomic E-state index is 0.0332. The molecular formula is C15H21N5O4S. The zero-order chi connectivity index (χ0) is 18.6. The molecule has 1 aromatic heterocycles. The van der Waals surface area contributed by atoms with E-state index in [2.05, 4.69) is 15.5 Å². The normalized spacial score (nSPS) is 11.7. The van der Waals surface area contributed by atoms with Gasteiger partial charge in [-0.1, -0.05) is 13.0 Å². The number of hydrogen-bond acceptors (Lipinski definition) is 7. The lowest BCUT2D eigenvalue weighted by molar-refractivity contribution is 0.0455. The Hall–Kier alpha value is -2.33. The van der Waals surface area contributed by atoms with E-state index in [-0.39, 0.29) is 17.1 Å². The van der Waals surface area contributed by atoms with Gasteiger partial charge in [-0.15, -0.1) is 5.10 Å². The first kappa shape index (κ1) is 19.0. The summed E-state index contributed by atoms with van der Waals surface area (Å²) in [5.74, 6) is -0.190. The predicted molar refractivity (Wildman–Crippen MR) is 89.3 cm³/mol. The highest BCUT2D eigenvalue weighted by Crippen LogP contribution is 2.19. The topological polar surface area (TPSA) is 107 Å². The lowest BCUT2D eigenvalue weighted by atomic mass is 10.1. The maximum absolute atomic E-state index is 12.4. The van der Waals surface area contributed by atoms with Gasteiger partial charge in [-0.2, -0.15) is 0 Å². The highest BCUT2D eigenvalue weighted by atomic mass is 32.2. The number of carbonyl (C=O) groups is 1. The van der Waals surface area contributed by atoms with Gasteiger partial charge in [0.05, 0.1) is 10.5 Å². The fraction of sp³-hybridized carbons (Fsp3) is 0.467. The number of esters is 1. The lowest BCUT2D eigenvalue weighted by Crippen LogP contribution is -2.22. The number of hydrogen-bond donors (Lipinski definition) is 0. The minimum atomic E-state index is -3.63. The molecule has 1 aromatic carbocycles. The second kappa shape index (κ2) is 7.70. The van der Waals surface area contributed by atoms with Crippen LogP contribution in [0.5, 0.6) is 0 Å². The van der Waals surface area contributed by atoms with Gasteiger partial charge in [0.1, 0.15) is 0 Å². The monoisotopic (exact) mass is 367 g/mol. The first-order chi connectivity index (χ1) is 11.8. The van der Waals surface area contributed by atoms with E-state index in [1.807, 2.05) is 6.92 Å². The number of aryl methyl sites for hydroxylation is 2. The molecule has 0 amide bonds. The van der Waals surface area contributed by atoms with Crippen molar-refractivity contribution in [3.8, 4) is 0 Å². The van der Waals surface area contributed by atoms with Crippen molar-refractivity contribution < 1.29 is 17.9 Å². The van der Waals surface area contributed by atoms with Gasteiger partial charge in [0.2, 0.25) is 10.0 Å². The summed E-state index contributed by atoms with van der Waals surface area (Å²) < 4.78 is 32.4. The molecule has 9 nitrogen and oxygen atoms in total. The Morgan fingerprint density at radius 2 is 2.04 bits per heavy atom. The Balaban J connectivity index is 2.20. The highest BCUT2D eigenvalue weighted by molar-refractivity contribution is 7.89. The van der Waals surface area contributed by atoms with Gasteiger partial charge < -0.3 is 4.74 Å². The molecule has 0 aliphatic rings. The van der Waals surface area contributed by atoms with E-state index in [1.54, 1.807) is 17.7 Å². The molecule has 0 aliphatic heterocycles. The summed E-state index contributed by atoms with van der Waals surface area (Å²) in [7, 11) is -0.770. The molecule has 2 aromatic rings. The minimum Gasteiger partial charge on any atom is -0.454 e. The maximum Gasteiger partial charge on any atom is 0.338 e. The number of aromatic nitrogens is 4. The van der Waals surface area contributed by atoms with Crippen LogP contribution >= 0.6 is 0 Å². The predicted octanol–water partition coefficient (Wildman–Crippen LogP) is 0.999. The van der Waals surface area contributed by atoms with Crippen molar-refractivity contribution in [2.75, 3.05) is 14.1 Å². The van der Waals surface area contributed by atoms with Gasteiger partial charge >= 0.3 is 5.97 Å². The Morgan fingerprint density at radius 1 is 1.32 bits per heavy atom. The Morgan fingerprint density at radius 3 is 2.68 bits per heavy atom. The molecule has 0 unspecified atom stereocenters. The zero-order valence-corrected chi connectivity index (χ0v) is 15.4. The average Bonchev–Trinajstić information content (AvgIpc) is 3.00. The molecule has 0 saturated heterocycles. The quantitative estimate of drug-likeness (QED) is 0.672. The molecular weight excluding hydrogens is 346 g/mol. The van der Waals surface area contributed by atoms with Crippen molar-refractivity contribution in [3.63, 3.8) is 0 Å². The smallest absolute Gasteiger partial charge is 0.338 e. The summed E-state index contributed by atoms with van der Waals surface area (Å²) in [4.78, 5) is 12.4. The SMILES string of the molecule is CCCn1nnnc1COC(=O)c1cc(S(=O)(=O)N(C)C)ccc1C. The van der Waals surface area contributed by atoms with E-state index in [9.17, 15) is 13.2 Å². The number of tetrazole rings is 1. The third kappa shape index (κ3) is 4.20. The summed E-state index contributed by atoms with van der Waals surface area (Å²) >= 11 is 0. The van der Waals surface area contributed by atoms with Crippen LogP contribution in [0.4, 0.5) is 0 Å². The van der Waals surface area contributed by atoms with Crippen molar-refractivity contribution >= 4 is 16.0 Å². The van der Waals surface area contributed by atoms with E-state index in [1.165, 1.54) is 26.2 Å². The zero-order valence-electron chi connectivity index (χ0n) is 14.6. The summed E-state index contributed by atoms with van der Waals surface area (Å²) in [6.45, 7) is 4.23. The van der Waals surface area contributed by atoms with E-state index >= 15 is 0 Å². The largest absolute Gasteiger partial charge is 0.454 e. The maximum atomic E-state index is 12.4. The molecule has 1 heterocycles. The third-order valence-electron chi connectivity index (χ3n) is 3.58. The van der Waals surface area contributed by atoms with Crippen LogP contribution in [0.2, 0.25) is 0 Å². The summed E-state index contributed by atoms with van der Waals surface area (Å²) in [5, 5.41) is 11.2. The van der Waals surface area contributed by atoms with Crippen LogP contribution in [0.1, 0.15) is 35.1 Å². The standard InChI is InChI=1S/C15H21N5O4S/c1-5-8-20-14(16-17-18-20)10-24-15(21)13-9-12(7-6-11(13)2)25(22,23)19(3)4/h6-7,9H,5,8,10H2,1-4H3. The lowest BCUT2D eigenvalue weighted by Gasteiger charge is -2.13. The fourth-order valence-corrected chi connectivity index (χ4v) is 3.04. The molecule has 0 atom stereocenters. The number of carbonyl (C=O) groups excluding carboxylic acids is 1. The van der Waals surface area contributed by atoms with Gasteiger partial charge in [-0.3, -0.25) is 0 Å². The molecule has 0 fully saturated rings. The van der Waals surface area contributed by atoms with Gasteiger partial charge in [-0.25, -0.2) is 22.2 Å². The average molecular weight is 367 g/mol. The third-order valence-corrected chi connectivity index (χ3v) is 5.39. The summed E-state index contributed by atoms with van der Waals surface area (Å²) in [6, 6.07) is 4.36. The molecule has 0 aliphatic carbocycles. The van der Waals surface area contributed by atoms with E-state index in [0.717, 1.165) is 10.7 Å². The number of sulfonamides is 1.